The van der Waals surface area contributed by atoms with E-state index in [0.29, 0.717) is 44.3 Å². The number of carbonyl (C=O) groups excluding carboxylic acids is 2. The molecule has 0 radical (unpaired) electrons. The van der Waals surface area contributed by atoms with Gasteiger partial charge in [-0.2, -0.15) is 0 Å². The van der Waals surface area contributed by atoms with Crippen molar-refractivity contribution in [1.29, 1.82) is 0 Å². The average molecular weight is 348 g/mol. The normalized spacial score (nSPS) is 31.1. The lowest BCUT2D eigenvalue weighted by Crippen LogP contribution is -2.51. The van der Waals surface area contributed by atoms with Gasteiger partial charge < -0.3 is 23.7 Å². The maximum absolute atomic E-state index is 12.9. The second-order valence-electron chi connectivity index (χ2n) is 7.40. The Morgan fingerprint density at radius 2 is 2.24 bits per heavy atom. The van der Waals surface area contributed by atoms with Gasteiger partial charge in [-0.05, 0) is 18.1 Å². The first-order chi connectivity index (χ1) is 12.0. The van der Waals surface area contributed by atoms with Crippen LogP contribution in [0.1, 0.15) is 43.0 Å². The Bertz CT molecular complexity index is 699. The molecule has 4 heterocycles. The van der Waals surface area contributed by atoms with E-state index in [1.54, 1.807) is 24.1 Å². The monoisotopic (exact) mass is 348 g/mol. The lowest BCUT2D eigenvalue weighted by atomic mass is 10.0. The van der Waals surface area contributed by atoms with Crippen molar-refractivity contribution in [2.24, 2.45) is 5.92 Å². The van der Waals surface area contributed by atoms with Crippen molar-refractivity contribution >= 4 is 11.8 Å². The van der Waals surface area contributed by atoms with Crippen LogP contribution in [0.5, 0.6) is 0 Å². The number of nitrogens with zero attached hydrogens (tertiary/aromatic N) is 2. The topological polar surface area (TPSA) is 72.2 Å². The van der Waals surface area contributed by atoms with E-state index in [4.69, 9.17) is 13.9 Å². The molecule has 7 nitrogen and oxygen atoms in total. The van der Waals surface area contributed by atoms with Gasteiger partial charge >= 0.3 is 0 Å². The molecule has 3 aliphatic heterocycles. The zero-order valence-corrected chi connectivity index (χ0v) is 14.9. The third kappa shape index (κ3) is 2.33. The van der Waals surface area contributed by atoms with Gasteiger partial charge in [0.1, 0.15) is 12.4 Å². The number of methoxy groups -OCH3 is 1. The third-order valence-electron chi connectivity index (χ3n) is 5.68. The van der Waals surface area contributed by atoms with Crippen LogP contribution in [0.4, 0.5) is 0 Å². The van der Waals surface area contributed by atoms with Gasteiger partial charge in [-0.3, -0.25) is 9.59 Å². The predicted molar refractivity (Wildman–Crippen MR) is 87.6 cm³/mol. The van der Waals surface area contributed by atoms with Gasteiger partial charge in [-0.25, -0.2) is 0 Å². The third-order valence-corrected chi connectivity index (χ3v) is 5.68. The fraction of sp³-hybridized carbons (Fsp3) is 0.667. The molecule has 1 aromatic rings. The van der Waals surface area contributed by atoms with Crippen LogP contribution in [0, 0.1) is 5.92 Å². The van der Waals surface area contributed by atoms with Crippen LogP contribution >= 0.6 is 0 Å². The molecule has 0 N–H and O–H groups in total. The molecule has 3 atom stereocenters. The van der Waals surface area contributed by atoms with Crippen molar-refractivity contribution in [3.63, 3.8) is 0 Å². The summed E-state index contributed by atoms with van der Waals surface area (Å²) in [4.78, 5) is 29.2. The zero-order valence-electron chi connectivity index (χ0n) is 14.9. The van der Waals surface area contributed by atoms with Gasteiger partial charge in [0.05, 0.1) is 25.1 Å². The van der Waals surface area contributed by atoms with Gasteiger partial charge in [0.15, 0.2) is 11.5 Å². The van der Waals surface area contributed by atoms with Crippen molar-refractivity contribution in [3.8, 4) is 0 Å². The highest BCUT2D eigenvalue weighted by molar-refractivity contribution is 5.93. The van der Waals surface area contributed by atoms with Gasteiger partial charge in [-0.15, -0.1) is 0 Å². The predicted octanol–water partition coefficient (Wildman–Crippen LogP) is 1.62. The SMILES string of the molecule is COCc1ccc(C(=O)N2CC[C@@]34OC[C@@H](C(C)C)N3C(=O)C[C@@H]24)o1. The number of furan rings is 1. The summed E-state index contributed by atoms with van der Waals surface area (Å²) in [7, 11) is 1.58. The van der Waals surface area contributed by atoms with Crippen LogP contribution in [0.25, 0.3) is 0 Å². The molecule has 0 aliphatic carbocycles. The molecule has 25 heavy (non-hydrogen) atoms. The number of hydrogen-bond donors (Lipinski definition) is 0. The van der Waals surface area contributed by atoms with Gasteiger partial charge in [0.2, 0.25) is 5.91 Å². The minimum Gasteiger partial charge on any atom is -0.453 e. The van der Waals surface area contributed by atoms with E-state index in [0.717, 1.165) is 0 Å². The molecule has 136 valence electrons. The van der Waals surface area contributed by atoms with Crippen LogP contribution in [0.2, 0.25) is 0 Å². The second-order valence-corrected chi connectivity index (χ2v) is 7.40. The number of carbonyl (C=O) groups is 2. The molecule has 1 aromatic heterocycles. The Morgan fingerprint density at radius 1 is 1.44 bits per heavy atom. The summed E-state index contributed by atoms with van der Waals surface area (Å²) in [5, 5.41) is 0. The van der Waals surface area contributed by atoms with Crippen molar-refractivity contribution in [3.05, 3.63) is 23.7 Å². The highest BCUT2D eigenvalue weighted by Gasteiger charge is 2.65. The summed E-state index contributed by atoms with van der Waals surface area (Å²) < 4.78 is 16.8. The summed E-state index contributed by atoms with van der Waals surface area (Å²) in [5.74, 6) is 1.12. The largest absolute Gasteiger partial charge is 0.453 e. The van der Waals surface area contributed by atoms with Crippen molar-refractivity contribution < 1.29 is 23.5 Å². The quantitative estimate of drug-likeness (QED) is 0.827. The molecular formula is C18H24N2O5. The summed E-state index contributed by atoms with van der Waals surface area (Å²) in [6.07, 6.45) is 0.977. The number of ether oxygens (including phenoxy) is 2. The van der Waals surface area contributed by atoms with Crippen LogP contribution in [-0.2, 0) is 20.9 Å². The molecule has 1 spiro atoms. The Kier molecular flexibility index (Phi) is 3.88. The maximum atomic E-state index is 12.9. The van der Waals surface area contributed by atoms with E-state index in [9.17, 15) is 9.59 Å². The minimum absolute atomic E-state index is 0.0817. The molecular weight excluding hydrogens is 324 g/mol. The summed E-state index contributed by atoms with van der Waals surface area (Å²) >= 11 is 0. The summed E-state index contributed by atoms with van der Waals surface area (Å²) in [6, 6.07) is 3.26. The van der Waals surface area contributed by atoms with Crippen molar-refractivity contribution in [2.45, 2.75) is 51.1 Å². The molecule has 3 aliphatic rings. The van der Waals surface area contributed by atoms with Crippen LogP contribution in [0.15, 0.2) is 16.5 Å². The minimum atomic E-state index is -0.649. The maximum Gasteiger partial charge on any atom is 0.289 e. The molecule has 2 amide bonds. The smallest absolute Gasteiger partial charge is 0.289 e. The average Bonchev–Trinajstić information content (AvgIpc) is 3.29. The molecule has 3 saturated heterocycles. The fourth-order valence-electron chi connectivity index (χ4n) is 4.47. The number of likely N-dealkylation sites (tertiary alicyclic amines) is 1. The highest BCUT2D eigenvalue weighted by atomic mass is 16.5. The van der Waals surface area contributed by atoms with Gasteiger partial charge in [0, 0.05) is 20.1 Å². The highest BCUT2D eigenvalue weighted by Crippen LogP contribution is 2.49. The zero-order chi connectivity index (χ0) is 17.8. The molecule has 0 saturated carbocycles. The molecule has 7 heteroatoms. The van der Waals surface area contributed by atoms with Crippen molar-refractivity contribution in [2.75, 3.05) is 20.3 Å². The molecule has 3 fully saturated rings. The Morgan fingerprint density at radius 3 is 2.96 bits per heavy atom. The summed E-state index contributed by atoms with van der Waals surface area (Å²) in [5.41, 5.74) is -0.649. The van der Waals surface area contributed by atoms with Crippen LogP contribution < -0.4 is 0 Å². The van der Waals surface area contributed by atoms with E-state index < -0.39 is 5.72 Å². The van der Waals surface area contributed by atoms with Crippen LogP contribution in [-0.4, -0.2) is 59.7 Å². The van der Waals surface area contributed by atoms with E-state index in [-0.39, 0.29) is 29.7 Å². The summed E-state index contributed by atoms with van der Waals surface area (Å²) in [6.45, 7) is 5.64. The lowest BCUT2D eigenvalue weighted by molar-refractivity contribution is -0.139. The van der Waals surface area contributed by atoms with Gasteiger partial charge in [-0.1, -0.05) is 13.8 Å². The lowest BCUT2D eigenvalue weighted by Gasteiger charge is -2.34. The first-order valence-electron chi connectivity index (χ1n) is 8.82. The molecule has 0 aromatic carbocycles. The van der Waals surface area contributed by atoms with Gasteiger partial charge in [0.25, 0.3) is 5.91 Å². The Balaban J connectivity index is 1.58. The van der Waals surface area contributed by atoms with E-state index >= 15 is 0 Å². The molecule has 4 rings (SSSR count). The Labute approximate surface area is 146 Å². The van der Waals surface area contributed by atoms with Crippen molar-refractivity contribution in [1.82, 2.24) is 9.80 Å². The van der Waals surface area contributed by atoms with E-state index in [1.807, 2.05) is 4.90 Å². The fourth-order valence-corrected chi connectivity index (χ4v) is 4.47. The number of hydrogen-bond acceptors (Lipinski definition) is 5. The van der Waals surface area contributed by atoms with E-state index in [1.165, 1.54) is 0 Å². The van der Waals surface area contributed by atoms with E-state index in [2.05, 4.69) is 13.8 Å². The number of rotatable bonds is 4. The molecule has 0 unspecified atom stereocenters. The molecule has 0 bridgehead atoms. The standard InChI is InChI=1S/C18H24N2O5/c1-11(2)13-10-24-18-6-7-19(15(18)8-16(21)20(13)18)17(22)14-5-4-12(25-14)9-23-3/h4-5,11,13,15H,6-10H2,1-3H3/t13-,15+,18-/m0/s1. The second kappa shape index (κ2) is 5.85. The Hall–Kier alpha value is -1.86. The first kappa shape index (κ1) is 16.6. The first-order valence-corrected chi connectivity index (χ1v) is 8.82. The number of amides is 2. The van der Waals surface area contributed by atoms with Crippen LogP contribution in [0.3, 0.4) is 0 Å².